The average molecular weight is 284 g/mol. The molecule has 108 valence electrons. The second-order valence-corrected chi connectivity index (χ2v) is 4.43. The van der Waals surface area contributed by atoms with Crippen molar-refractivity contribution in [3.05, 3.63) is 46.6 Å². The SMILES string of the molecule is CCc1ccc(Cc2c(OC)n[nH]c2C(F)(F)F)cc1. The van der Waals surface area contributed by atoms with Gasteiger partial charge < -0.3 is 4.74 Å². The molecule has 1 aromatic carbocycles. The molecule has 6 heteroatoms. The van der Waals surface area contributed by atoms with E-state index in [9.17, 15) is 13.2 Å². The molecular weight excluding hydrogens is 269 g/mol. The first-order valence-electron chi connectivity index (χ1n) is 6.22. The predicted octanol–water partition coefficient (Wildman–Crippen LogP) is 3.59. The highest BCUT2D eigenvalue weighted by Crippen LogP contribution is 2.35. The predicted molar refractivity (Wildman–Crippen MR) is 68.8 cm³/mol. The maximum absolute atomic E-state index is 12.9. The molecule has 20 heavy (non-hydrogen) atoms. The minimum absolute atomic E-state index is 0.0168. The van der Waals surface area contributed by atoms with Crippen LogP contribution in [0.4, 0.5) is 13.2 Å². The summed E-state index contributed by atoms with van der Waals surface area (Å²) in [5.41, 5.74) is 1.11. The fraction of sp³-hybridized carbons (Fsp3) is 0.357. The third-order valence-electron chi connectivity index (χ3n) is 3.12. The monoisotopic (exact) mass is 284 g/mol. The molecule has 0 atom stereocenters. The zero-order valence-electron chi connectivity index (χ0n) is 11.2. The van der Waals surface area contributed by atoms with Gasteiger partial charge in [0, 0.05) is 6.42 Å². The number of ether oxygens (including phenoxy) is 1. The first kappa shape index (κ1) is 14.4. The molecule has 0 spiro atoms. The molecule has 0 radical (unpaired) electrons. The van der Waals surface area contributed by atoms with Crippen LogP contribution in [0.25, 0.3) is 0 Å². The number of nitrogens with zero attached hydrogens (tertiary/aromatic N) is 1. The van der Waals surface area contributed by atoms with Gasteiger partial charge in [-0.15, -0.1) is 5.10 Å². The largest absolute Gasteiger partial charge is 0.480 e. The van der Waals surface area contributed by atoms with Gasteiger partial charge in [-0.1, -0.05) is 31.2 Å². The number of aryl methyl sites for hydroxylation is 1. The van der Waals surface area contributed by atoms with Crippen LogP contribution in [-0.2, 0) is 19.0 Å². The molecule has 0 aliphatic rings. The van der Waals surface area contributed by atoms with E-state index in [-0.39, 0.29) is 17.9 Å². The van der Waals surface area contributed by atoms with Crippen molar-refractivity contribution in [1.82, 2.24) is 10.2 Å². The van der Waals surface area contributed by atoms with Crippen LogP contribution in [0.5, 0.6) is 5.88 Å². The van der Waals surface area contributed by atoms with Crippen LogP contribution in [-0.4, -0.2) is 17.3 Å². The summed E-state index contributed by atoms with van der Waals surface area (Å²) < 4.78 is 43.6. The van der Waals surface area contributed by atoms with E-state index in [2.05, 4.69) is 5.10 Å². The third-order valence-corrected chi connectivity index (χ3v) is 3.12. The molecule has 0 saturated heterocycles. The lowest BCUT2D eigenvalue weighted by atomic mass is 10.0. The van der Waals surface area contributed by atoms with Gasteiger partial charge in [-0.05, 0) is 17.5 Å². The van der Waals surface area contributed by atoms with Crippen LogP contribution in [0.2, 0.25) is 0 Å². The van der Waals surface area contributed by atoms with Crippen LogP contribution in [0.3, 0.4) is 0 Å². The van der Waals surface area contributed by atoms with Crippen molar-refractivity contribution in [3.63, 3.8) is 0 Å². The smallest absolute Gasteiger partial charge is 0.433 e. The van der Waals surface area contributed by atoms with Crippen molar-refractivity contribution in [2.75, 3.05) is 7.11 Å². The fourth-order valence-electron chi connectivity index (χ4n) is 2.01. The Kier molecular flexibility index (Phi) is 4.01. The van der Waals surface area contributed by atoms with Gasteiger partial charge in [0.15, 0.2) is 0 Å². The second kappa shape index (κ2) is 5.56. The Hall–Kier alpha value is -1.98. The molecule has 0 saturated carbocycles. The number of hydrogen-bond acceptors (Lipinski definition) is 2. The Balaban J connectivity index is 2.33. The van der Waals surface area contributed by atoms with Gasteiger partial charge in [0.25, 0.3) is 0 Å². The summed E-state index contributed by atoms with van der Waals surface area (Å²) in [6.45, 7) is 2.02. The van der Waals surface area contributed by atoms with E-state index in [0.717, 1.165) is 17.5 Å². The molecule has 1 heterocycles. The van der Waals surface area contributed by atoms with Crippen LogP contribution in [0.1, 0.15) is 29.3 Å². The molecule has 0 fully saturated rings. The fourth-order valence-corrected chi connectivity index (χ4v) is 2.01. The number of halogens is 3. The topological polar surface area (TPSA) is 37.9 Å². The number of benzene rings is 1. The Morgan fingerprint density at radius 2 is 1.75 bits per heavy atom. The van der Waals surface area contributed by atoms with Crippen LogP contribution >= 0.6 is 0 Å². The van der Waals surface area contributed by atoms with E-state index in [0.29, 0.717) is 0 Å². The van der Waals surface area contributed by atoms with Crippen molar-refractivity contribution < 1.29 is 17.9 Å². The zero-order chi connectivity index (χ0) is 14.8. The molecule has 0 bridgehead atoms. The zero-order valence-corrected chi connectivity index (χ0v) is 11.2. The van der Waals surface area contributed by atoms with Gasteiger partial charge in [-0.3, -0.25) is 5.10 Å². The standard InChI is InChI=1S/C14H15F3N2O/c1-3-9-4-6-10(7-5-9)8-11-12(14(15,16)17)18-19-13(11)20-2/h4-7H,3,8H2,1-2H3,(H,18,19). The van der Waals surface area contributed by atoms with E-state index in [1.807, 2.05) is 36.3 Å². The van der Waals surface area contributed by atoms with Crippen molar-refractivity contribution in [3.8, 4) is 5.88 Å². The van der Waals surface area contributed by atoms with Crippen molar-refractivity contribution in [2.24, 2.45) is 0 Å². The van der Waals surface area contributed by atoms with E-state index >= 15 is 0 Å². The lowest BCUT2D eigenvalue weighted by Crippen LogP contribution is -2.09. The summed E-state index contributed by atoms with van der Waals surface area (Å²) >= 11 is 0. The lowest BCUT2D eigenvalue weighted by molar-refractivity contribution is -0.141. The number of nitrogens with one attached hydrogen (secondary N) is 1. The van der Waals surface area contributed by atoms with Gasteiger partial charge in [0.1, 0.15) is 5.69 Å². The summed E-state index contributed by atoms with van der Waals surface area (Å²) in [7, 11) is 1.31. The molecular formula is C14H15F3N2O. The Labute approximate surface area is 114 Å². The maximum Gasteiger partial charge on any atom is 0.433 e. The van der Waals surface area contributed by atoms with E-state index < -0.39 is 11.9 Å². The molecule has 2 rings (SSSR count). The molecule has 0 amide bonds. The summed E-state index contributed by atoms with van der Waals surface area (Å²) in [6.07, 6.45) is -3.45. The first-order valence-corrected chi connectivity index (χ1v) is 6.22. The van der Waals surface area contributed by atoms with Crippen molar-refractivity contribution in [1.29, 1.82) is 0 Å². The second-order valence-electron chi connectivity index (χ2n) is 4.43. The Morgan fingerprint density at radius 1 is 1.15 bits per heavy atom. The third kappa shape index (κ3) is 2.95. The number of hydrogen-bond donors (Lipinski definition) is 1. The summed E-state index contributed by atoms with van der Waals surface area (Å²) in [4.78, 5) is 0. The van der Waals surface area contributed by atoms with Crippen LogP contribution < -0.4 is 4.74 Å². The number of alkyl halides is 3. The van der Waals surface area contributed by atoms with E-state index in [4.69, 9.17) is 4.74 Å². The lowest BCUT2D eigenvalue weighted by Gasteiger charge is -2.08. The highest BCUT2D eigenvalue weighted by Gasteiger charge is 2.37. The highest BCUT2D eigenvalue weighted by atomic mass is 19.4. The Morgan fingerprint density at radius 3 is 2.25 bits per heavy atom. The summed E-state index contributed by atoms with van der Waals surface area (Å²) in [5, 5.41) is 5.57. The summed E-state index contributed by atoms with van der Waals surface area (Å²) in [6, 6.07) is 7.47. The van der Waals surface area contributed by atoms with Gasteiger partial charge in [0.2, 0.25) is 5.88 Å². The minimum Gasteiger partial charge on any atom is -0.480 e. The van der Waals surface area contributed by atoms with Crippen LogP contribution in [0.15, 0.2) is 24.3 Å². The maximum atomic E-state index is 12.9. The highest BCUT2D eigenvalue weighted by molar-refractivity contribution is 5.38. The quantitative estimate of drug-likeness (QED) is 0.931. The molecule has 2 aromatic rings. The number of H-pyrrole nitrogens is 1. The minimum atomic E-state index is -4.47. The van der Waals surface area contributed by atoms with Crippen molar-refractivity contribution >= 4 is 0 Å². The number of rotatable bonds is 4. The van der Waals surface area contributed by atoms with Gasteiger partial charge in [0.05, 0.1) is 12.7 Å². The number of aromatic amines is 1. The van der Waals surface area contributed by atoms with Gasteiger partial charge in [-0.25, -0.2) is 0 Å². The van der Waals surface area contributed by atoms with Gasteiger partial charge in [-0.2, -0.15) is 13.2 Å². The molecule has 3 nitrogen and oxygen atoms in total. The molecule has 0 aliphatic carbocycles. The van der Waals surface area contributed by atoms with Gasteiger partial charge >= 0.3 is 6.18 Å². The first-order chi connectivity index (χ1) is 9.45. The average Bonchev–Trinajstić information content (AvgIpc) is 2.82. The van der Waals surface area contributed by atoms with E-state index in [1.54, 1.807) is 0 Å². The van der Waals surface area contributed by atoms with Crippen LogP contribution in [0, 0.1) is 0 Å². The normalized spacial score (nSPS) is 11.7. The number of methoxy groups -OCH3 is 1. The summed E-state index contributed by atoms with van der Waals surface area (Å²) in [5.74, 6) is -0.0168. The Bertz CT molecular complexity index is 573. The van der Waals surface area contributed by atoms with Crippen molar-refractivity contribution in [2.45, 2.75) is 25.9 Å². The molecule has 0 aliphatic heterocycles. The molecule has 1 aromatic heterocycles. The number of aromatic nitrogens is 2. The molecule has 1 N–H and O–H groups in total. The van der Waals surface area contributed by atoms with E-state index in [1.165, 1.54) is 7.11 Å². The molecule has 0 unspecified atom stereocenters.